The van der Waals surface area contributed by atoms with Crippen molar-refractivity contribution < 1.29 is 18.9 Å². The Kier molecular flexibility index (Phi) is 6.02. The van der Waals surface area contributed by atoms with Gasteiger partial charge in [-0.25, -0.2) is 0 Å². The van der Waals surface area contributed by atoms with E-state index in [2.05, 4.69) is 21.0 Å². The summed E-state index contributed by atoms with van der Waals surface area (Å²) in [7, 11) is 3.49. The van der Waals surface area contributed by atoms with Gasteiger partial charge in [0.05, 0.1) is 27.8 Å². The summed E-state index contributed by atoms with van der Waals surface area (Å²) in [6.45, 7) is 2.11. The van der Waals surface area contributed by atoms with Crippen LogP contribution in [0.4, 0.5) is 5.69 Å². The number of aromatic nitrogens is 2. The molecule has 0 unspecified atom stereocenters. The third kappa shape index (κ3) is 4.65. The summed E-state index contributed by atoms with van der Waals surface area (Å²) in [6.07, 6.45) is 1.68. The van der Waals surface area contributed by atoms with Gasteiger partial charge >= 0.3 is 0 Å². The van der Waals surface area contributed by atoms with Crippen LogP contribution < -0.4 is 4.74 Å². The number of nitro benzene ring substituents is 1. The second-order valence-corrected chi connectivity index (χ2v) is 7.34. The summed E-state index contributed by atoms with van der Waals surface area (Å²) >= 11 is 3.42. The number of carbonyl (C=O) groups excluding carboxylic acids is 1. The molecule has 0 aliphatic heterocycles. The first-order chi connectivity index (χ1) is 13.8. The Hall–Kier alpha value is -3.14. The van der Waals surface area contributed by atoms with Crippen LogP contribution in [0.2, 0.25) is 0 Å². The summed E-state index contributed by atoms with van der Waals surface area (Å²) in [5.74, 6) is 0.884. The number of aryl methyl sites for hydroxylation is 2. The quantitative estimate of drug-likeness (QED) is 0.390. The highest BCUT2D eigenvalue weighted by atomic mass is 79.9. The van der Waals surface area contributed by atoms with Crippen LogP contribution in [0.5, 0.6) is 5.75 Å². The molecule has 152 valence electrons. The molecular weight excluding hydrogens is 444 g/mol. The van der Waals surface area contributed by atoms with Crippen molar-refractivity contribution in [1.82, 2.24) is 14.7 Å². The Labute approximate surface area is 175 Å². The van der Waals surface area contributed by atoms with Crippen LogP contribution in [0.3, 0.4) is 0 Å². The van der Waals surface area contributed by atoms with Crippen LogP contribution in [-0.2, 0) is 20.2 Å². The van der Waals surface area contributed by atoms with Crippen molar-refractivity contribution in [1.29, 1.82) is 0 Å². The number of nitrogens with zero attached hydrogens (tertiary/aromatic N) is 4. The molecule has 0 atom stereocenters. The van der Waals surface area contributed by atoms with Crippen molar-refractivity contribution in [3.8, 4) is 5.75 Å². The van der Waals surface area contributed by atoms with Gasteiger partial charge in [-0.2, -0.15) is 5.10 Å². The number of hydrogen-bond acceptors (Lipinski definition) is 6. The summed E-state index contributed by atoms with van der Waals surface area (Å²) < 4.78 is 13.7. The molecule has 0 radical (unpaired) electrons. The van der Waals surface area contributed by atoms with Gasteiger partial charge in [0.25, 0.3) is 11.6 Å². The largest absolute Gasteiger partial charge is 0.486 e. The zero-order chi connectivity index (χ0) is 21.1. The summed E-state index contributed by atoms with van der Waals surface area (Å²) in [4.78, 5) is 24.6. The van der Waals surface area contributed by atoms with Gasteiger partial charge in [0.1, 0.15) is 18.1 Å². The van der Waals surface area contributed by atoms with Gasteiger partial charge in [-0.05, 0) is 47.1 Å². The van der Waals surface area contributed by atoms with Gasteiger partial charge in [-0.3, -0.25) is 19.6 Å². The molecule has 0 aliphatic rings. The van der Waals surface area contributed by atoms with E-state index in [4.69, 9.17) is 9.15 Å². The van der Waals surface area contributed by atoms with E-state index in [1.165, 1.54) is 17.0 Å². The smallest absolute Gasteiger partial charge is 0.289 e. The Balaban J connectivity index is 1.62. The van der Waals surface area contributed by atoms with Gasteiger partial charge < -0.3 is 14.1 Å². The minimum absolute atomic E-state index is 0.0336. The fraction of sp³-hybridized carbons (Fsp3) is 0.263. The average molecular weight is 463 g/mol. The fourth-order valence-corrected chi connectivity index (χ4v) is 3.22. The molecule has 10 heteroatoms. The lowest BCUT2D eigenvalue weighted by atomic mass is 10.2. The number of furan rings is 1. The van der Waals surface area contributed by atoms with E-state index in [-0.39, 0.29) is 24.0 Å². The number of carbonyl (C=O) groups is 1. The predicted octanol–water partition coefficient (Wildman–Crippen LogP) is 3.84. The number of nitro groups is 1. The van der Waals surface area contributed by atoms with Crippen molar-refractivity contribution >= 4 is 27.5 Å². The lowest BCUT2D eigenvalue weighted by molar-refractivity contribution is -0.385. The highest BCUT2D eigenvalue weighted by Gasteiger charge is 2.19. The number of ether oxygens (including phenoxy) is 1. The standard InChI is InChI=1S/C19H19BrN4O5/c1-12-8-13(4-6-16(12)24(26)27)28-11-14-5-7-18(29-14)19(25)22(2)10-17-15(20)9-21-23(17)3/h4-9H,10-11H2,1-3H3. The lowest BCUT2D eigenvalue weighted by Crippen LogP contribution is -2.27. The third-order valence-electron chi connectivity index (χ3n) is 4.36. The fourth-order valence-electron chi connectivity index (χ4n) is 2.75. The van der Waals surface area contributed by atoms with E-state index >= 15 is 0 Å². The Morgan fingerprint density at radius 1 is 1.38 bits per heavy atom. The first-order valence-corrected chi connectivity index (χ1v) is 9.44. The van der Waals surface area contributed by atoms with Crippen molar-refractivity contribution in [2.75, 3.05) is 7.05 Å². The van der Waals surface area contributed by atoms with E-state index in [1.807, 2.05) is 0 Å². The van der Waals surface area contributed by atoms with Gasteiger partial charge in [-0.15, -0.1) is 0 Å². The Bertz CT molecular complexity index is 1040. The summed E-state index contributed by atoms with van der Waals surface area (Å²) in [5, 5.41) is 15.0. The van der Waals surface area contributed by atoms with Crippen LogP contribution in [0, 0.1) is 17.0 Å². The topological polar surface area (TPSA) is 104 Å². The van der Waals surface area contributed by atoms with Crippen molar-refractivity contribution in [3.05, 3.63) is 73.9 Å². The van der Waals surface area contributed by atoms with Crippen LogP contribution in [0.25, 0.3) is 0 Å². The maximum absolute atomic E-state index is 12.6. The second kappa shape index (κ2) is 8.48. The van der Waals surface area contributed by atoms with Gasteiger partial charge in [0.2, 0.25) is 0 Å². The highest BCUT2D eigenvalue weighted by Crippen LogP contribution is 2.24. The van der Waals surface area contributed by atoms with Crippen LogP contribution in [0.1, 0.15) is 27.6 Å². The first kappa shape index (κ1) is 20.6. The van der Waals surface area contributed by atoms with Crippen LogP contribution >= 0.6 is 15.9 Å². The van der Waals surface area contributed by atoms with E-state index in [0.29, 0.717) is 23.6 Å². The minimum Gasteiger partial charge on any atom is -0.486 e. The highest BCUT2D eigenvalue weighted by molar-refractivity contribution is 9.10. The van der Waals surface area contributed by atoms with Crippen LogP contribution in [0.15, 0.2) is 45.4 Å². The molecule has 3 rings (SSSR count). The zero-order valence-corrected chi connectivity index (χ0v) is 17.7. The maximum Gasteiger partial charge on any atom is 0.289 e. The average Bonchev–Trinajstić information content (AvgIpc) is 3.27. The maximum atomic E-state index is 12.6. The molecule has 29 heavy (non-hydrogen) atoms. The molecule has 0 saturated heterocycles. The number of benzene rings is 1. The van der Waals surface area contributed by atoms with E-state index in [1.54, 1.807) is 50.1 Å². The molecule has 1 amide bonds. The molecule has 3 aromatic rings. The van der Waals surface area contributed by atoms with Crippen LogP contribution in [-0.4, -0.2) is 32.6 Å². The molecule has 9 nitrogen and oxygen atoms in total. The molecule has 0 N–H and O–H groups in total. The SMILES string of the molecule is Cc1cc(OCc2ccc(C(=O)N(C)Cc3c(Br)cnn3C)o2)ccc1[N+](=O)[O-]. The van der Waals surface area contributed by atoms with Gasteiger partial charge in [0, 0.05) is 25.7 Å². The molecule has 1 aromatic carbocycles. The minimum atomic E-state index is -0.440. The monoisotopic (exact) mass is 462 g/mol. The number of amides is 1. The van der Waals surface area contributed by atoms with Gasteiger partial charge in [0.15, 0.2) is 5.76 Å². The van der Waals surface area contributed by atoms with E-state index in [9.17, 15) is 14.9 Å². The predicted molar refractivity (Wildman–Crippen MR) is 108 cm³/mol. The van der Waals surface area contributed by atoms with Crippen molar-refractivity contribution in [2.24, 2.45) is 7.05 Å². The molecule has 0 bridgehead atoms. The first-order valence-electron chi connectivity index (χ1n) is 8.64. The van der Waals surface area contributed by atoms with Crippen molar-refractivity contribution in [2.45, 2.75) is 20.1 Å². The number of rotatable bonds is 7. The van der Waals surface area contributed by atoms with E-state index < -0.39 is 4.92 Å². The summed E-state index contributed by atoms with van der Waals surface area (Å²) in [6, 6.07) is 7.77. The summed E-state index contributed by atoms with van der Waals surface area (Å²) in [5.41, 5.74) is 1.40. The van der Waals surface area contributed by atoms with E-state index in [0.717, 1.165) is 10.2 Å². The molecule has 0 saturated carbocycles. The molecule has 0 spiro atoms. The Morgan fingerprint density at radius 2 is 2.14 bits per heavy atom. The zero-order valence-electron chi connectivity index (χ0n) is 16.1. The molecule has 2 aromatic heterocycles. The molecule has 0 aliphatic carbocycles. The Morgan fingerprint density at radius 3 is 2.76 bits per heavy atom. The van der Waals surface area contributed by atoms with Crippen molar-refractivity contribution in [3.63, 3.8) is 0 Å². The molecular formula is C19H19BrN4O5. The third-order valence-corrected chi connectivity index (χ3v) is 5.03. The molecule has 2 heterocycles. The van der Waals surface area contributed by atoms with Gasteiger partial charge in [-0.1, -0.05) is 0 Å². The molecule has 0 fully saturated rings. The normalized spacial score (nSPS) is 10.8. The number of halogens is 1. The lowest BCUT2D eigenvalue weighted by Gasteiger charge is -2.16. The second-order valence-electron chi connectivity index (χ2n) is 6.48. The number of hydrogen-bond donors (Lipinski definition) is 0.